The second-order valence-electron chi connectivity index (χ2n) is 6.55. The van der Waals surface area contributed by atoms with Crippen LogP contribution in [-0.2, 0) is 9.53 Å². The summed E-state index contributed by atoms with van der Waals surface area (Å²) in [6.45, 7) is 4.06. The van der Waals surface area contributed by atoms with Crippen LogP contribution in [0.25, 0.3) is 23.2 Å². The van der Waals surface area contributed by atoms with Crippen molar-refractivity contribution in [2.24, 2.45) is 0 Å². The van der Waals surface area contributed by atoms with Gasteiger partial charge in [-0.3, -0.25) is 0 Å². The van der Waals surface area contributed by atoms with E-state index in [1.807, 2.05) is 68.4 Å². The quantitative estimate of drug-likeness (QED) is 0.368. The first-order valence-corrected chi connectivity index (χ1v) is 9.38. The third-order valence-corrected chi connectivity index (χ3v) is 5.03. The van der Waals surface area contributed by atoms with Gasteiger partial charge in [-0.25, -0.2) is 4.79 Å². The number of rotatable bonds is 3. The van der Waals surface area contributed by atoms with E-state index in [9.17, 15) is 4.79 Å². The smallest absolute Gasteiger partial charge is 0.343 e. The molecule has 0 amide bonds. The lowest BCUT2D eigenvalue weighted by atomic mass is 10.1. The lowest BCUT2D eigenvalue weighted by Crippen LogP contribution is -1.96. The lowest BCUT2D eigenvalue weighted by Gasteiger charge is -2.02. The largest absolute Gasteiger partial charge is 0.457 e. The minimum atomic E-state index is -0.375. The van der Waals surface area contributed by atoms with Crippen LogP contribution in [0.1, 0.15) is 22.5 Å². The van der Waals surface area contributed by atoms with Gasteiger partial charge in [0.15, 0.2) is 0 Å². The van der Waals surface area contributed by atoms with Crippen LogP contribution in [0.4, 0.5) is 0 Å². The molecular formula is C23H17BrO3. The molecule has 0 spiro atoms. The van der Waals surface area contributed by atoms with E-state index in [1.54, 1.807) is 12.2 Å². The number of hydrogen-bond donors (Lipinski definition) is 0. The SMILES string of the molecule is Cc1ccc(C2=C/C(=C/c3ccc(-c4ccc(C)cc4Br)o3)C(=O)O2)cc1. The molecule has 1 aliphatic rings. The molecule has 0 aliphatic carbocycles. The summed E-state index contributed by atoms with van der Waals surface area (Å²) < 4.78 is 12.3. The highest BCUT2D eigenvalue weighted by Gasteiger charge is 2.22. The highest BCUT2D eigenvalue weighted by atomic mass is 79.9. The van der Waals surface area contributed by atoms with Crippen LogP contribution >= 0.6 is 15.9 Å². The monoisotopic (exact) mass is 420 g/mol. The molecule has 0 bridgehead atoms. The normalized spacial score (nSPS) is 15.1. The van der Waals surface area contributed by atoms with Gasteiger partial charge in [0, 0.05) is 15.6 Å². The second kappa shape index (κ2) is 7.05. The number of carbonyl (C=O) groups is 1. The number of esters is 1. The van der Waals surface area contributed by atoms with Gasteiger partial charge in [0.05, 0.1) is 5.57 Å². The molecule has 2 aromatic carbocycles. The van der Waals surface area contributed by atoms with Gasteiger partial charge < -0.3 is 9.15 Å². The van der Waals surface area contributed by atoms with E-state index in [4.69, 9.17) is 9.15 Å². The average Bonchev–Trinajstić information content (AvgIpc) is 3.23. The van der Waals surface area contributed by atoms with E-state index >= 15 is 0 Å². The number of benzene rings is 2. The van der Waals surface area contributed by atoms with Crippen LogP contribution in [0.3, 0.4) is 0 Å². The van der Waals surface area contributed by atoms with Crippen molar-refractivity contribution >= 4 is 33.7 Å². The van der Waals surface area contributed by atoms with Crippen LogP contribution in [0.5, 0.6) is 0 Å². The lowest BCUT2D eigenvalue weighted by molar-refractivity contribution is -0.130. The van der Waals surface area contributed by atoms with Crippen molar-refractivity contribution < 1.29 is 13.9 Å². The highest BCUT2D eigenvalue weighted by Crippen LogP contribution is 2.32. The minimum Gasteiger partial charge on any atom is -0.457 e. The van der Waals surface area contributed by atoms with Crippen LogP contribution in [0.15, 0.2) is 75.1 Å². The molecule has 2 heterocycles. The number of aryl methyl sites for hydroxylation is 2. The summed E-state index contributed by atoms with van der Waals surface area (Å²) in [7, 11) is 0. The summed E-state index contributed by atoms with van der Waals surface area (Å²) >= 11 is 3.57. The van der Waals surface area contributed by atoms with E-state index in [1.165, 1.54) is 5.56 Å². The Morgan fingerprint density at radius 3 is 2.41 bits per heavy atom. The molecule has 0 unspecified atom stereocenters. The van der Waals surface area contributed by atoms with Crippen molar-refractivity contribution in [1.82, 2.24) is 0 Å². The zero-order valence-electron chi connectivity index (χ0n) is 15.0. The zero-order chi connectivity index (χ0) is 19.0. The third-order valence-electron chi connectivity index (χ3n) is 4.38. The molecule has 0 atom stereocenters. The molecule has 27 heavy (non-hydrogen) atoms. The standard InChI is InChI=1S/C23H17BrO3/c1-14-3-6-16(7-4-14)22-13-17(23(25)27-22)12-18-8-10-21(26-18)19-9-5-15(2)11-20(19)24/h3-13H,1-2H3/b17-12-. The molecule has 0 saturated carbocycles. The number of halogens is 1. The van der Waals surface area contributed by atoms with Crippen molar-refractivity contribution in [3.05, 3.63) is 93.2 Å². The maximum atomic E-state index is 12.2. The predicted molar refractivity (Wildman–Crippen MR) is 110 cm³/mol. The molecule has 4 heteroatoms. The molecule has 3 aromatic rings. The molecule has 0 saturated heterocycles. The van der Waals surface area contributed by atoms with Gasteiger partial charge in [-0.05, 0) is 55.8 Å². The Bertz CT molecular complexity index is 1090. The number of furan rings is 1. The second-order valence-corrected chi connectivity index (χ2v) is 7.40. The van der Waals surface area contributed by atoms with Gasteiger partial charge >= 0.3 is 5.97 Å². The van der Waals surface area contributed by atoms with E-state index in [2.05, 4.69) is 15.9 Å². The fourth-order valence-corrected chi connectivity index (χ4v) is 3.59. The first-order chi connectivity index (χ1) is 13.0. The molecule has 0 radical (unpaired) electrons. The zero-order valence-corrected chi connectivity index (χ0v) is 16.5. The van der Waals surface area contributed by atoms with E-state index in [0.717, 1.165) is 26.9 Å². The fourth-order valence-electron chi connectivity index (χ4n) is 2.90. The summed E-state index contributed by atoms with van der Waals surface area (Å²) in [5, 5.41) is 0. The topological polar surface area (TPSA) is 39.4 Å². The Hall–Kier alpha value is -2.85. The Morgan fingerprint density at radius 1 is 0.926 bits per heavy atom. The molecule has 0 fully saturated rings. The van der Waals surface area contributed by atoms with Crippen LogP contribution < -0.4 is 0 Å². The summed E-state index contributed by atoms with van der Waals surface area (Å²) in [4.78, 5) is 12.2. The molecule has 134 valence electrons. The molecule has 3 nitrogen and oxygen atoms in total. The third kappa shape index (κ3) is 3.67. The van der Waals surface area contributed by atoms with Crippen molar-refractivity contribution in [3.63, 3.8) is 0 Å². The molecule has 0 N–H and O–H groups in total. The fraction of sp³-hybridized carbons (Fsp3) is 0.0870. The van der Waals surface area contributed by atoms with Crippen LogP contribution in [-0.4, -0.2) is 5.97 Å². The van der Waals surface area contributed by atoms with Gasteiger partial charge in [-0.1, -0.05) is 51.8 Å². The first kappa shape index (κ1) is 17.6. The maximum Gasteiger partial charge on any atom is 0.343 e. The Labute approximate surface area is 166 Å². The van der Waals surface area contributed by atoms with Crippen molar-refractivity contribution in [2.75, 3.05) is 0 Å². The van der Waals surface area contributed by atoms with Gasteiger partial charge in [-0.2, -0.15) is 0 Å². The van der Waals surface area contributed by atoms with Crippen LogP contribution in [0.2, 0.25) is 0 Å². The molecule has 1 aliphatic heterocycles. The van der Waals surface area contributed by atoms with E-state index in [-0.39, 0.29) is 5.97 Å². The van der Waals surface area contributed by atoms with Crippen LogP contribution in [0, 0.1) is 13.8 Å². The van der Waals surface area contributed by atoms with Crippen molar-refractivity contribution in [3.8, 4) is 11.3 Å². The van der Waals surface area contributed by atoms with Gasteiger partial charge in [0.1, 0.15) is 17.3 Å². The summed E-state index contributed by atoms with van der Waals surface area (Å²) in [6.07, 6.45) is 3.45. The molecule has 4 rings (SSSR count). The van der Waals surface area contributed by atoms with E-state index < -0.39 is 0 Å². The highest BCUT2D eigenvalue weighted by molar-refractivity contribution is 9.10. The summed E-state index contributed by atoms with van der Waals surface area (Å²) in [5.74, 6) is 1.52. The Morgan fingerprint density at radius 2 is 1.67 bits per heavy atom. The molecular weight excluding hydrogens is 404 g/mol. The minimum absolute atomic E-state index is 0.375. The maximum absolute atomic E-state index is 12.2. The van der Waals surface area contributed by atoms with Crippen molar-refractivity contribution in [1.29, 1.82) is 0 Å². The average molecular weight is 421 g/mol. The first-order valence-electron chi connectivity index (χ1n) is 8.58. The molecule has 1 aromatic heterocycles. The summed E-state index contributed by atoms with van der Waals surface area (Å²) in [6, 6.07) is 17.7. The summed E-state index contributed by atoms with van der Waals surface area (Å²) in [5.41, 5.74) is 4.64. The van der Waals surface area contributed by atoms with E-state index in [0.29, 0.717) is 17.1 Å². The Balaban J connectivity index is 1.63. The van der Waals surface area contributed by atoms with Gasteiger partial charge in [0.25, 0.3) is 0 Å². The Kier molecular flexibility index (Phi) is 4.58. The number of cyclic esters (lactones) is 1. The van der Waals surface area contributed by atoms with Gasteiger partial charge in [-0.15, -0.1) is 0 Å². The van der Waals surface area contributed by atoms with Crippen molar-refractivity contribution in [2.45, 2.75) is 13.8 Å². The number of hydrogen-bond acceptors (Lipinski definition) is 3. The number of carbonyl (C=O) groups excluding carboxylic acids is 1. The number of ether oxygens (including phenoxy) is 1. The van der Waals surface area contributed by atoms with Gasteiger partial charge in [0.2, 0.25) is 0 Å². The predicted octanol–water partition coefficient (Wildman–Crippen LogP) is 6.31.